The minimum Gasteiger partial charge on any atom is -0.435 e. The number of unbranched alkanes of at least 4 members (excludes halogenated alkanes) is 6. The predicted octanol–water partition coefficient (Wildman–Crippen LogP) is 3.08. The van der Waals surface area contributed by atoms with Gasteiger partial charge in [-0.25, -0.2) is 0 Å². The van der Waals surface area contributed by atoms with Gasteiger partial charge in [0.25, 0.3) is 0 Å². The van der Waals surface area contributed by atoms with Gasteiger partial charge in [-0.05, 0) is 12.6 Å². The zero-order valence-electron chi connectivity index (χ0n) is 8.68. The molecule has 0 bridgehead atoms. The van der Waals surface area contributed by atoms with Crippen molar-refractivity contribution in [3.05, 3.63) is 0 Å². The monoisotopic (exact) mass is 188 g/mol. The lowest BCUT2D eigenvalue weighted by Gasteiger charge is -2.01. The van der Waals surface area contributed by atoms with Crippen molar-refractivity contribution >= 4 is 9.04 Å². The van der Waals surface area contributed by atoms with Gasteiger partial charge in [-0.15, -0.1) is 0 Å². The van der Waals surface area contributed by atoms with Gasteiger partial charge in [-0.1, -0.05) is 51.9 Å². The first-order valence-electron chi connectivity index (χ1n) is 5.45. The highest BCUT2D eigenvalue weighted by molar-refractivity contribution is 6.48. The summed E-state index contributed by atoms with van der Waals surface area (Å²) in [6.07, 6.45) is 9.50. The highest BCUT2D eigenvalue weighted by Gasteiger charge is 1.97. The third-order valence-electron chi connectivity index (χ3n) is 2.23. The molecule has 0 aliphatic heterocycles. The fraction of sp³-hybridized carbons (Fsp3) is 1.00. The van der Waals surface area contributed by atoms with E-state index >= 15 is 0 Å². The molecule has 0 radical (unpaired) electrons. The van der Waals surface area contributed by atoms with Gasteiger partial charge >= 0.3 is 0 Å². The molecule has 0 aliphatic rings. The molecule has 0 aromatic carbocycles. The molecule has 0 rings (SSSR count). The molecule has 1 N–H and O–H groups in total. The maximum Gasteiger partial charge on any atom is 0.169 e. The second-order valence-electron chi connectivity index (χ2n) is 3.76. The molecule has 0 fully saturated rings. The minimum atomic E-state index is -1.24. The van der Waals surface area contributed by atoms with Crippen LogP contribution in [0.5, 0.6) is 0 Å². The summed E-state index contributed by atoms with van der Waals surface area (Å²) in [4.78, 5) is 9.13. The Bertz CT molecular complexity index is 83.9. The second kappa shape index (κ2) is 9.27. The molecule has 0 amide bonds. The smallest absolute Gasteiger partial charge is 0.169 e. The predicted molar refractivity (Wildman–Crippen MR) is 58.0 cm³/mol. The topological polar surface area (TPSA) is 20.2 Å². The van der Waals surface area contributed by atoms with E-state index in [0.29, 0.717) is 0 Å². The van der Waals surface area contributed by atoms with Crippen LogP contribution in [-0.2, 0) is 0 Å². The van der Waals surface area contributed by atoms with Crippen LogP contribution in [0.3, 0.4) is 0 Å². The van der Waals surface area contributed by atoms with E-state index in [0.717, 1.165) is 6.04 Å². The molecule has 0 saturated heterocycles. The van der Waals surface area contributed by atoms with Crippen molar-refractivity contribution in [1.82, 2.24) is 0 Å². The molecule has 0 spiro atoms. The molecule has 0 heterocycles. The highest BCUT2D eigenvalue weighted by Crippen LogP contribution is 2.09. The maximum absolute atomic E-state index is 9.13. The van der Waals surface area contributed by atoms with Crippen LogP contribution in [0.2, 0.25) is 12.6 Å². The Morgan fingerprint density at radius 3 is 1.92 bits per heavy atom. The van der Waals surface area contributed by atoms with Crippen molar-refractivity contribution in [3.63, 3.8) is 0 Å². The number of rotatable bonds is 8. The third kappa shape index (κ3) is 10.2. The highest BCUT2D eigenvalue weighted by atomic mass is 28.3. The van der Waals surface area contributed by atoms with Crippen LogP contribution in [0.25, 0.3) is 0 Å². The average molecular weight is 188 g/mol. The van der Waals surface area contributed by atoms with Gasteiger partial charge in [0, 0.05) is 0 Å². The van der Waals surface area contributed by atoms with Crippen molar-refractivity contribution in [2.45, 2.75) is 64.5 Å². The minimum absolute atomic E-state index is 1.12. The Hall–Kier alpha value is 0.177. The third-order valence-corrected chi connectivity index (χ3v) is 3.47. The van der Waals surface area contributed by atoms with Gasteiger partial charge in [-0.3, -0.25) is 0 Å². The fourth-order valence-corrected chi connectivity index (χ4v) is 2.28. The zero-order valence-corrected chi connectivity index (χ0v) is 9.84. The fourth-order valence-electron chi connectivity index (χ4n) is 1.40. The molecule has 12 heavy (non-hydrogen) atoms. The van der Waals surface area contributed by atoms with Crippen LogP contribution >= 0.6 is 0 Å². The maximum atomic E-state index is 9.13. The van der Waals surface area contributed by atoms with E-state index in [-0.39, 0.29) is 0 Å². The van der Waals surface area contributed by atoms with E-state index in [9.17, 15) is 0 Å². The average Bonchev–Trinajstić information content (AvgIpc) is 2.02. The van der Waals surface area contributed by atoms with Gasteiger partial charge in [0.15, 0.2) is 9.04 Å². The lowest BCUT2D eigenvalue weighted by Crippen LogP contribution is -2.03. The van der Waals surface area contributed by atoms with Crippen LogP contribution in [0, 0.1) is 0 Å². The van der Waals surface area contributed by atoms with E-state index in [2.05, 4.69) is 6.92 Å². The Morgan fingerprint density at radius 2 is 1.42 bits per heavy atom. The van der Waals surface area contributed by atoms with E-state index in [4.69, 9.17) is 4.80 Å². The van der Waals surface area contributed by atoms with E-state index in [1.165, 1.54) is 44.9 Å². The Balaban J connectivity index is 2.82. The summed E-state index contributed by atoms with van der Waals surface area (Å²) in [5, 5.41) is 0. The molecular weight excluding hydrogens is 164 g/mol. The first-order chi connectivity index (χ1) is 5.77. The van der Waals surface area contributed by atoms with Crippen LogP contribution < -0.4 is 0 Å². The van der Waals surface area contributed by atoms with E-state index in [1.54, 1.807) is 0 Å². The summed E-state index contributed by atoms with van der Waals surface area (Å²) < 4.78 is 0. The molecule has 1 nitrogen and oxygen atoms in total. The second-order valence-corrected chi connectivity index (χ2v) is 6.03. The van der Waals surface area contributed by atoms with E-state index < -0.39 is 9.04 Å². The molecule has 74 valence electrons. The molecule has 2 heteroatoms. The molecule has 0 saturated carbocycles. The molecule has 0 aromatic rings. The largest absolute Gasteiger partial charge is 0.435 e. The van der Waals surface area contributed by atoms with Crippen molar-refractivity contribution in [3.8, 4) is 0 Å². The first kappa shape index (κ1) is 12.2. The van der Waals surface area contributed by atoms with Gasteiger partial charge in [-0.2, -0.15) is 0 Å². The Labute approximate surface area is 78.9 Å². The summed E-state index contributed by atoms with van der Waals surface area (Å²) >= 11 is 0. The molecular formula is C10H24OSi. The Morgan fingerprint density at radius 1 is 0.917 bits per heavy atom. The SMILES string of the molecule is CCCCCCCCC[SiH](C)O. The van der Waals surface area contributed by atoms with Gasteiger partial charge in [0.05, 0.1) is 0 Å². The lowest BCUT2D eigenvalue weighted by molar-refractivity contribution is 0.558. The summed E-state index contributed by atoms with van der Waals surface area (Å²) in [6, 6.07) is 1.12. The molecule has 0 aromatic heterocycles. The molecule has 1 unspecified atom stereocenters. The van der Waals surface area contributed by atoms with Crippen LogP contribution in [0.4, 0.5) is 0 Å². The van der Waals surface area contributed by atoms with Crippen molar-refractivity contribution in [2.75, 3.05) is 0 Å². The van der Waals surface area contributed by atoms with Gasteiger partial charge < -0.3 is 4.80 Å². The van der Waals surface area contributed by atoms with Crippen LogP contribution in [0.15, 0.2) is 0 Å². The summed E-state index contributed by atoms with van der Waals surface area (Å²) in [7, 11) is -1.24. The van der Waals surface area contributed by atoms with Gasteiger partial charge in [0.1, 0.15) is 0 Å². The summed E-state index contributed by atoms with van der Waals surface area (Å²) in [5.74, 6) is 0. The first-order valence-corrected chi connectivity index (χ1v) is 7.94. The summed E-state index contributed by atoms with van der Waals surface area (Å²) in [6.45, 7) is 4.26. The zero-order chi connectivity index (χ0) is 9.23. The summed E-state index contributed by atoms with van der Waals surface area (Å²) in [5.41, 5.74) is 0. The van der Waals surface area contributed by atoms with Crippen molar-refractivity contribution in [1.29, 1.82) is 0 Å². The van der Waals surface area contributed by atoms with Crippen LogP contribution in [-0.4, -0.2) is 13.8 Å². The standard InChI is InChI=1S/C10H24OSi/c1-3-4-5-6-7-8-9-10-12(2)11/h11-12H,3-10H2,1-2H3. The number of hydrogen-bond acceptors (Lipinski definition) is 1. The van der Waals surface area contributed by atoms with Crippen molar-refractivity contribution in [2.24, 2.45) is 0 Å². The van der Waals surface area contributed by atoms with Gasteiger partial charge in [0.2, 0.25) is 0 Å². The Kier molecular flexibility index (Phi) is 9.40. The lowest BCUT2D eigenvalue weighted by atomic mass is 10.1. The quantitative estimate of drug-likeness (QED) is 0.458. The van der Waals surface area contributed by atoms with Crippen molar-refractivity contribution < 1.29 is 4.80 Å². The van der Waals surface area contributed by atoms with E-state index in [1.807, 2.05) is 6.55 Å². The van der Waals surface area contributed by atoms with Crippen LogP contribution in [0.1, 0.15) is 51.9 Å². The number of hydrogen-bond donors (Lipinski definition) is 1. The molecule has 0 aliphatic carbocycles. The molecule has 1 atom stereocenters. The normalized spacial score (nSPS) is 13.2.